The molecule has 144 valence electrons. The van der Waals surface area contributed by atoms with Crippen LogP contribution >= 0.6 is 0 Å². The first-order chi connectivity index (χ1) is 13.5. The summed E-state index contributed by atoms with van der Waals surface area (Å²) >= 11 is 0. The molecular weight excluding hydrogens is 358 g/mol. The number of benzene rings is 1. The van der Waals surface area contributed by atoms with Gasteiger partial charge in [0.1, 0.15) is 5.65 Å². The van der Waals surface area contributed by atoms with E-state index in [0.29, 0.717) is 0 Å². The van der Waals surface area contributed by atoms with Gasteiger partial charge in [0.2, 0.25) is 0 Å². The average Bonchev–Trinajstić information content (AvgIpc) is 3.25. The van der Waals surface area contributed by atoms with Gasteiger partial charge >= 0.3 is 5.69 Å². The summed E-state index contributed by atoms with van der Waals surface area (Å²) < 4.78 is 2.30. The van der Waals surface area contributed by atoms with E-state index in [1.807, 2.05) is 24.3 Å². The lowest BCUT2D eigenvalue weighted by Crippen LogP contribution is -2.37. The van der Waals surface area contributed by atoms with E-state index in [4.69, 9.17) is 0 Å². The molecule has 0 spiro atoms. The second-order valence-corrected chi connectivity index (χ2v) is 6.97. The Balaban J connectivity index is 1.71. The van der Waals surface area contributed by atoms with E-state index >= 15 is 0 Å². The summed E-state index contributed by atoms with van der Waals surface area (Å²) in [5, 5.41) is 3.16. The van der Waals surface area contributed by atoms with Gasteiger partial charge in [-0.05, 0) is 31.0 Å². The number of hydrogen-bond acceptors (Lipinski definition) is 5. The van der Waals surface area contributed by atoms with E-state index in [-0.39, 0.29) is 22.5 Å². The SMILES string of the molecule is Cn1c(=O)c2cc(C(=O)Nc3ccccc3N3CCCC3)cnc2n(C)c1=O. The fourth-order valence-corrected chi connectivity index (χ4v) is 3.60. The van der Waals surface area contributed by atoms with Crippen molar-refractivity contribution in [2.75, 3.05) is 23.3 Å². The molecule has 1 aliphatic heterocycles. The van der Waals surface area contributed by atoms with Crippen molar-refractivity contribution in [2.45, 2.75) is 12.8 Å². The van der Waals surface area contributed by atoms with E-state index in [1.165, 1.54) is 23.9 Å². The molecule has 0 unspecified atom stereocenters. The summed E-state index contributed by atoms with van der Waals surface area (Å²) in [6, 6.07) is 9.16. The largest absolute Gasteiger partial charge is 0.370 e. The van der Waals surface area contributed by atoms with E-state index in [9.17, 15) is 14.4 Å². The topological polar surface area (TPSA) is 89.2 Å². The molecule has 8 heteroatoms. The van der Waals surface area contributed by atoms with E-state index in [0.717, 1.165) is 41.9 Å². The van der Waals surface area contributed by atoms with Crippen LogP contribution in [0.1, 0.15) is 23.2 Å². The van der Waals surface area contributed by atoms with E-state index < -0.39 is 11.2 Å². The zero-order valence-electron chi connectivity index (χ0n) is 15.8. The number of carbonyl (C=O) groups excluding carboxylic acids is 1. The molecule has 28 heavy (non-hydrogen) atoms. The number of carbonyl (C=O) groups is 1. The van der Waals surface area contributed by atoms with Crippen molar-refractivity contribution >= 4 is 28.3 Å². The molecule has 1 amide bonds. The van der Waals surface area contributed by atoms with Crippen LogP contribution in [0.2, 0.25) is 0 Å². The predicted molar refractivity (Wildman–Crippen MR) is 108 cm³/mol. The van der Waals surface area contributed by atoms with Crippen molar-refractivity contribution in [3.63, 3.8) is 0 Å². The molecule has 0 bridgehead atoms. The van der Waals surface area contributed by atoms with Gasteiger partial charge in [0.25, 0.3) is 11.5 Å². The molecule has 1 aromatic carbocycles. The molecule has 0 radical (unpaired) electrons. The van der Waals surface area contributed by atoms with Gasteiger partial charge in [-0.1, -0.05) is 12.1 Å². The van der Waals surface area contributed by atoms with E-state index in [2.05, 4.69) is 15.2 Å². The zero-order chi connectivity index (χ0) is 19.8. The van der Waals surface area contributed by atoms with Gasteiger partial charge < -0.3 is 10.2 Å². The van der Waals surface area contributed by atoms with Gasteiger partial charge in [-0.2, -0.15) is 0 Å². The summed E-state index contributed by atoms with van der Waals surface area (Å²) in [6.45, 7) is 1.93. The molecule has 1 saturated heterocycles. The molecule has 2 aromatic heterocycles. The molecule has 0 aliphatic carbocycles. The van der Waals surface area contributed by atoms with Crippen LogP contribution in [0.3, 0.4) is 0 Å². The lowest BCUT2D eigenvalue weighted by atomic mass is 10.2. The Morgan fingerprint density at radius 1 is 1.07 bits per heavy atom. The molecule has 0 atom stereocenters. The Bertz CT molecular complexity index is 1190. The van der Waals surface area contributed by atoms with Crippen molar-refractivity contribution < 1.29 is 4.79 Å². The van der Waals surface area contributed by atoms with Crippen molar-refractivity contribution in [1.29, 1.82) is 0 Å². The smallest absolute Gasteiger partial charge is 0.332 e. The summed E-state index contributed by atoms with van der Waals surface area (Å²) in [5.41, 5.74) is 1.30. The highest BCUT2D eigenvalue weighted by Gasteiger charge is 2.18. The van der Waals surface area contributed by atoms with Gasteiger partial charge in [-0.3, -0.25) is 18.7 Å². The Hall–Kier alpha value is -3.42. The second-order valence-electron chi connectivity index (χ2n) is 6.97. The first kappa shape index (κ1) is 18.0. The maximum absolute atomic E-state index is 12.8. The van der Waals surface area contributed by atoms with Crippen LogP contribution in [0.15, 0.2) is 46.1 Å². The van der Waals surface area contributed by atoms with Crippen LogP contribution in [0.5, 0.6) is 0 Å². The molecule has 4 rings (SSSR count). The predicted octanol–water partition coefficient (Wildman–Crippen LogP) is 1.48. The van der Waals surface area contributed by atoms with Crippen LogP contribution in [0.4, 0.5) is 11.4 Å². The van der Waals surface area contributed by atoms with Crippen molar-refractivity contribution in [3.05, 3.63) is 62.9 Å². The van der Waals surface area contributed by atoms with Crippen LogP contribution in [-0.4, -0.2) is 33.1 Å². The second kappa shape index (κ2) is 6.95. The van der Waals surface area contributed by atoms with Gasteiger partial charge in [-0.15, -0.1) is 0 Å². The first-order valence-corrected chi connectivity index (χ1v) is 9.18. The van der Waals surface area contributed by atoms with E-state index in [1.54, 1.807) is 7.05 Å². The van der Waals surface area contributed by atoms with Crippen LogP contribution in [0.25, 0.3) is 11.0 Å². The monoisotopic (exact) mass is 379 g/mol. The lowest BCUT2D eigenvalue weighted by Gasteiger charge is -2.21. The summed E-state index contributed by atoms with van der Waals surface area (Å²) in [6.07, 6.45) is 3.66. The molecule has 0 saturated carbocycles. The Labute approximate surface area is 161 Å². The lowest BCUT2D eigenvalue weighted by molar-refractivity contribution is 0.102. The fraction of sp³-hybridized carbons (Fsp3) is 0.300. The number of rotatable bonds is 3. The van der Waals surface area contributed by atoms with Gasteiger partial charge in [0.15, 0.2) is 0 Å². The fourth-order valence-electron chi connectivity index (χ4n) is 3.60. The molecule has 1 fully saturated rings. The third-order valence-corrected chi connectivity index (χ3v) is 5.15. The number of amides is 1. The minimum atomic E-state index is -0.474. The Morgan fingerprint density at radius 3 is 2.54 bits per heavy atom. The van der Waals surface area contributed by atoms with Gasteiger partial charge in [-0.25, -0.2) is 9.78 Å². The molecule has 3 aromatic rings. The normalized spacial score (nSPS) is 13.9. The average molecular weight is 379 g/mol. The Morgan fingerprint density at radius 2 is 1.79 bits per heavy atom. The summed E-state index contributed by atoms with van der Waals surface area (Å²) in [4.78, 5) is 43.7. The molecule has 3 heterocycles. The molecule has 1 N–H and O–H groups in total. The third kappa shape index (κ3) is 2.96. The first-order valence-electron chi connectivity index (χ1n) is 9.18. The summed E-state index contributed by atoms with van der Waals surface area (Å²) in [5.74, 6) is -0.350. The van der Waals surface area contributed by atoms with Crippen molar-refractivity contribution in [3.8, 4) is 0 Å². The maximum Gasteiger partial charge on any atom is 0.332 e. The van der Waals surface area contributed by atoms with Crippen molar-refractivity contribution in [2.24, 2.45) is 14.1 Å². The third-order valence-electron chi connectivity index (χ3n) is 5.15. The number of hydrogen-bond donors (Lipinski definition) is 1. The maximum atomic E-state index is 12.8. The Kier molecular flexibility index (Phi) is 4.46. The minimum absolute atomic E-state index is 0.227. The van der Waals surface area contributed by atoms with Crippen LogP contribution in [-0.2, 0) is 14.1 Å². The highest BCUT2D eigenvalue weighted by molar-refractivity contribution is 6.07. The quantitative estimate of drug-likeness (QED) is 0.745. The zero-order valence-corrected chi connectivity index (χ0v) is 15.8. The molecule has 8 nitrogen and oxygen atoms in total. The number of para-hydroxylation sites is 2. The highest BCUT2D eigenvalue weighted by Crippen LogP contribution is 2.29. The molecular formula is C20H21N5O3. The number of aryl methyl sites for hydroxylation is 1. The number of pyridine rings is 1. The number of aromatic nitrogens is 3. The summed E-state index contributed by atoms with van der Waals surface area (Å²) in [7, 11) is 2.95. The number of nitrogens with zero attached hydrogens (tertiary/aromatic N) is 4. The number of anilines is 2. The van der Waals surface area contributed by atoms with Gasteiger partial charge in [0.05, 0.1) is 22.3 Å². The number of fused-ring (bicyclic) bond motifs is 1. The van der Waals surface area contributed by atoms with Gasteiger partial charge in [0, 0.05) is 33.4 Å². The van der Waals surface area contributed by atoms with Crippen LogP contribution in [0, 0.1) is 0 Å². The standard InChI is InChI=1S/C20H21N5O3/c1-23-17-14(19(27)24(2)20(23)28)11-13(12-21-17)18(26)22-15-7-3-4-8-16(15)25-9-5-6-10-25/h3-4,7-8,11-12H,5-6,9-10H2,1-2H3,(H,22,26). The van der Waals surface area contributed by atoms with Crippen LogP contribution < -0.4 is 21.5 Å². The van der Waals surface area contributed by atoms with Crippen molar-refractivity contribution in [1.82, 2.24) is 14.1 Å². The highest BCUT2D eigenvalue weighted by atomic mass is 16.2. The minimum Gasteiger partial charge on any atom is -0.370 e. The molecule has 1 aliphatic rings. The number of nitrogens with one attached hydrogen (secondary N) is 1.